The van der Waals surface area contributed by atoms with Gasteiger partial charge < -0.3 is 14.5 Å². The van der Waals surface area contributed by atoms with Crippen LogP contribution in [0.5, 0.6) is 0 Å². The van der Waals surface area contributed by atoms with Crippen molar-refractivity contribution < 1.29 is 19.1 Å². The third-order valence-corrected chi connectivity index (χ3v) is 5.81. The van der Waals surface area contributed by atoms with Gasteiger partial charge in [0.05, 0.1) is 13.0 Å². The van der Waals surface area contributed by atoms with Crippen LogP contribution in [-0.2, 0) is 19.1 Å². The fourth-order valence-electron chi connectivity index (χ4n) is 3.30. The predicted molar refractivity (Wildman–Crippen MR) is 94.2 cm³/mol. The van der Waals surface area contributed by atoms with Crippen LogP contribution in [0.1, 0.15) is 37.0 Å². The molecule has 0 radical (unpaired) electrons. The van der Waals surface area contributed by atoms with Gasteiger partial charge in [0.25, 0.3) is 0 Å². The summed E-state index contributed by atoms with van der Waals surface area (Å²) in [6, 6.07) is 4.13. The van der Waals surface area contributed by atoms with Crippen LogP contribution in [-0.4, -0.2) is 60.4 Å². The van der Waals surface area contributed by atoms with Gasteiger partial charge >= 0.3 is 5.97 Å². The molecule has 1 aliphatic carbocycles. The van der Waals surface area contributed by atoms with Crippen molar-refractivity contribution in [3.63, 3.8) is 0 Å². The van der Waals surface area contributed by atoms with Gasteiger partial charge in [-0.1, -0.05) is 6.07 Å². The summed E-state index contributed by atoms with van der Waals surface area (Å²) in [5.74, 6) is 0.347. The van der Waals surface area contributed by atoms with E-state index in [-0.39, 0.29) is 36.5 Å². The third-order valence-electron chi connectivity index (χ3n) is 4.81. The minimum atomic E-state index is -0.335. The standard InChI is InChI=1S/C18H24N2O4S/c1-2-24-17(22)6-5-16(21)19-7-9-20(10-8-19)18(23)14-12-13(14)15-4-3-11-25-15/h3-4,11,13-14H,2,5-10,12H2,1H3/t13-,14+/m0/s1. The molecule has 2 heterocycles. The van der Waals surface area contributed by atoms with E-state index in [0.29, 0.717) is 38.7 Å². The summed E-state index contributed by atoms with van der Waals surface area (Å²) in [6.07, 6.45) is 1.24. The Morgan fingerprint density at radius 2 is 1.88 bits per heavy atom. The Kier molecular flexibility index (Phi) is 5.73. The van der Waals surface area contributed by atoms with Crippen LogP contribution in [0.2, 0.25) is 0 Å². The first-order valence-electron chi connectivity index (χ1n) is 8.85. The topological polar surface area (TPSA) is 66.9 Å². The van der Waals surface area contributed by atoms with Crippen molar-refractivity contribution in [3.8, 4) is 0 Å². The minimum absolute atomic E-state index is 0.0389. The Balaban J connectivity index is 1.40. The normalized spacial score (nSPS) is 22.6. The number of hydrogen-bond donors (Lipinski definition) is 0. The molecule has 3 rings (SSSR count). The molecule has 7 heteroatoms. The maximum absolute atomic E-state index is 12.6. The monoisotopic (exact) mass is 364 g/mol. The molecule has 25 heavy (non-hydrogen) atoms. The quantitative estimate of drug-likeness (QED) is 0.723. The Morgan fingerprint density at radius 1 is 1.16 bits per heavy atom. The van der Waals surface area contributed by atoms with E-state index in [0.717, 1.165) is 6.42 Å². The van der Waals surface area contributed by atoms with Gasteiger partial charge in [0.15, 0.2) is 0 Å². The number of rotatable bonds is 6. The number of nitrogens with zero attached hydrogens (tertiary/aromatic N) is 2. The van der Waals surface area contributed by atoms with E-state index in [1.165, 1.54) is 4.88 Å². The van der Waals surface area contributed by atoms with Gasteiger partial charge in [0, 0.05) is 49.3 Å². The molecule has 6 nitrogen and oxygen atoms in total. The molecule has 1 aromatic rings. The number of hydrogen-bond acceptors (Lipinski definition) is 5. The molecule has 1 aromatic heterocycles. The molecule has 2 amide bonds. The van der Waals surface area contributed by atoms with Gasteiger partial charge in [-0.15, -0.1) is 11.3 Å². The number of carbonyl (C=O) groups excluding carboxylic acids is 3. The molecule has 0 spiro atoms. The van der Waals surface area contributed by atoms with Gasteiger partial charge in [-0.3, -0.25) is 14.4 Å². The van der Waals surface area contributed by atoms with Crippen LogP contribution in [0.25, 0.3) is 0 Å². The van der Waals surface area contributed by atoms with Crippen molar-refractivity contribution in [2.75, 3.05) is 32.8 Å². The Hall–Kier alpha value is -1.89. The lowest BCUT2D eigenvalue weighted by molar-refractivity contribution is -0.146. The molecule has 1 aliphatic heterocycles. The molecule has 2 fully saturated rings. The van der Waals surface area contributed by atoms with E-state index in [1.54, 1.807) is 23.2 Å². The Morgan fingerprint density at radius 3 is 2.52 bits per heavy atom. The van der Waals surface area contributed by atoms with E-state index in [4.69, 9.17) is 4.74 Å². The van der Waals surface area contributed by atoms with Crippen molar-refractivity contribution >= 4 is 29.1 Å². The second-order valence-corrected chi connectivity index (χ2v) is 7.45. The summed E-state index contributed by atoms with van der Waals surface area (Å²) in [5, 5.41) is 2.05. The fourth-order valence-corrected chi connectivity index (χ4v) is 4.20. The van der Waals surface area contributed by atoms with E-state index in [1.807, 2.05) is 11.0 Å². The summed E-state index contributed by atoms with van der Waals surface area (Å²) in [6.45, 7) is 4.34. The molecule has 0 bridgehead atoms. The summed E-state index contributed by atoms with van der Waals surface area (Å²) >= 11 is 1.72. The van der Waals surface area contributed by atoms with Gasteiger partial charge in [-0.2, -0.15) is 0 Å². The average Bonchev–Trinajstić information content (AvgIpc) is 3.24. The summed E-state index contributed by atoms with van der Waals surface area (Å²) in [7, 11) is 0. The van der Waals surface area contributed by atoms with Crippen molar-refractivity contribution in [2.24, 2.45) is 5.92 Å². The van der Waals surface area contributed by atoms with E-state index in [2.05, 4.69) is 11.4 Å². The zero-order chi connectivity index (χ0) is 17.8. The SMILES string of the molecule is CCOC(=O)CCC(=O)N1CCN(C(=O)[C@@H]2C[C@@H]2c2cccs2)CC1. The number of amides is 2. The highest BCUT2D eigenvalue weighted by atomic mass is 32.1. The highest BCUT2D eigenvalue weighted by Gasteiger charge is 2.46. The lowest BCUT2D eigenvalue weighted by atomic mass is 10.2. The summed E-state index contributed by atoms with van der Waals surface area (Å²) < 4.78 is 4.84. The number of thiophene rings is 1. The lowest BCUT2D eigenvalue weighted by Gasteiger charge is -2.35. The zero-order valence-corrected chi connectivity index (χ0v) is 15.3. The van der Waals surface area contributed by atoms with Crippen LogP contribution in [0.15, 0.2) is 17.5 Å². The first kappa shape index (κ1) is 17.9. The first-order valence-corrected chi connectivity index (χ1v) is 9.73. The predicted octanol–water partition coefficient (Wildman–Crippen LogP) is 1.87. The molecule has 0 unspecified atom stereocenters. The minimum Gasteiger partial charge on any atom is -0.466 e. The summed E-state index contributed by atoms with van der Waals surface area (Å²) in [5.41, 5.74) is 0. The van der Waals surface area contributed by atoms with E-state index < -0.39 is 0 Å². The molecule has 2 atom stereocenters. The van der Waals surface area contributed by atoms with Gasteiger partial charge in [0.1, 0.15) is 0 Å². The second kappa shape index (κ2) is 7.99. The second-order valence-electron chi connectivity index (χ2n) is 6.48. The number of carbonyl (C=O) groups is 3. The number of esters is 1. The Bertz CT molecular complexity index is 623. The Labute approximate surface area is 151 Å². The highest BCUT2D eigenvalue weighted by Crippen LogP contribution is 2.50. The largest absolute Gasteiger partial charge is 0.466 e. The maximum atomic E-state index is 12.6. The van der Waals surface area contributed by atoms with Crippen LogP contribution in [0.3, 0.4) is 0 Å². The number of ether oxygens (including phenoxy) is 1. The van der Waals surface area contributed by atoms with Gasteiger partial charge in [-0.25, -0.2) is 0 Å². The molecule has 2 aliphatic rings. The smallest absolute Gasteiger partial charge is 0.306 e. The van der Waals surface area contributed by atoms with Gasteiger partial charge in [-0.05, 0) is 24.8 Å². The third kappa shape index (κ3) is 4.39. The van der Waals surface area contributed by atoms with Crippen LogP contribution in [0.4, 0.5) is 0 Å². The molecule has 1 saturated carbocycles. The molecule has 1 saturated heterocycles. The van der Waals surface area contributed by atoms with Crippen molar-refractivity contribution in [1.82, 2.24) is 9.80 Å². The van der Waals surface area contributed by atoms with E-state index >= 15 is 0 Å². The number of piperazine rings is 1. The van der Waals surface area contributed by atoms with Crippen LogP contribution >= 0.6 is 11.3 Å². The van der Waals surface area contributed by atoms with Crippen LogP contribution < -0.4 is 0 Å². The van der Waals surface area contributed by atoms with Crippen molar-refractivity contribution in [1.29, 1.82) is 0 Å². The molecule has 0 N–H and O–H groups in total. The molecular weight excluding hydrogens is 340 g/mol. The highest BCUT2D eigenvalue weighted by molar-refractivity contribution is 7.10. The average molecular weight is 364 g/mol. The fraction of sp³-hybridized carbons (Fsp3) is 0.611. The van der Waals surface area contributed by atoms with Gasteiger partial charge in [0.2, 0.25) is 11.8 Å². The summed E-state index contributed by atoms with van der Waals surface area (Å²) in [4.78, 5) is 41.0. The van der Waals surface area contributed by atoms with E-state index in [9.17, 15) is 14.4 Å². The van der Waals surface area contributed by atoms with Crippen molar-refractivity contribution in [2.45, 2.75) is 32.1 Å². The van der Waals surface area contributed by atoms with Crippen LogP contribution in [0, 0.1) is 5.92 Å². The maximum Gasteiger partial charge on any atom is 0.306 e. The molecule has 0 aromatic carbocycles. The first-order chi connectivity index (χ1) is 12.1. The molecular formula is C18H24N2O4S. The molecule has 136 valence electrons. The zero-order valence-electron chi connectivity index (χ0n) is 14.5. The lowest BCUT2D eigenvalue weighted by Crippen LogP contribution is -2.51. The van der Waals surface area contributed by atoms with Crippen molar-refractivity contribution in [3.05, 3.63) is 22.4 Å².